The molecule has 0 N–H and O–H groups in total. The van der Waals surface area contributed by atoms with Gasteiger partial charge in [-0.2, -0.15) is 0 Å². The van der Waals surface area contributed by atoms with Crippen LogP contribution in [0.3, 0.4) is 0 Å². The van der Waals surface area contributed by atoms with Gasteiger partial charge in [0.1, 0.15) is 5.78 Å². The number of nitrogens with zero attached hydrogens (tertiary/aromatic N) is 1. The summed E-state index contributed by atoms with van der Waals surface area (Å²) in [4.78, 5) is 14.4. The fourth-order valence-electron chi connectivity index (χ4n) is 3.08. The molecule has 0 aromatic carbocycles. The Morgan fingerprint density at radius 1 is 1.33 bits per heavy atom. The van der Waals surface area contributed by atoms with Crippen molar-refractivity contribution in [3.05, 3.63) is 0 Å². The average Bonchev–Trinajstić information content (AvgIpc) is 3.20. The van der Waals surface area contributed by atoms with Crippen LogP contribution in [0.1, 0.15) is 45.4 Å². The smallest absolute Gasteiger partial charge is 0.137 e. The zero-order valence-corrected chi connectivity index (χ0v) is 11.9. The van der Waals surface area contributed by atoms with E-state index in [0.29, 0.717) is 11.8 Å². The summed E-state index contributed by atoms with van der Waals surface area (Å²) >= 11 is 0. The third-order valence-corrected chi connectivity index (χ3v) is 4.60. The molecule has 2 aliphatic carbocycles. The zero-order valence-electron chi connectivity index (χ0n) is 11.9. The number of Topliss-reactive ketones (excluding diaryl/α,β-unsaturated/α-hetero) is 1. The maximum absolute atomic E-state index is 12.0. The fraction of sp³-hybridized carbons (Fsp3) is 0.933. The first-order valence-corrected chi connectivity index (χ1v) is 7.48. The standard InChI is InChI=1S/C15H27NO2/c1-12(13-7-8-13)16(9-10-18-2)11-14-5-3-4-6-15(14)17/h12-14H,3-11H2,1-2H3. The highest BCUT2D eigenvalue weighted by atomic mass is 16.5. The van der Waals surface area contributed by atoms with Gasteiger partial charge in [0.15, 0.2) is 0 Å². The van der Waals surface area contributed by atoms with Gasteiger partial charge in [-0.3, -0.25) is 9.69 Å². The predicted molar refractivity (Wildman–Crippen MR) is 72.6 cm³/mol. The Morgan fingerprint density at radius 3 is 2.72 bits per heavy atom. The molecule has 2 unspecified atom stereocenters. The van der Waals surface area contributed by atoms with E-state index in [4.69, 9.17) is 4.74 Å². The van der Waals surface area contributed by atoms with Crippen LogP contribution < -0.4 is 0 Å². The van der Waals surface area contributed by atoms with Gasteiger partial charge in [-0.15, -0.1) is 0 Å². The summed E-state index contributed by atoms with van der Waals surface area (Å²) in [5.74, 6) is 1.64. The molecule has 3 heteroatoms. The van der Waals surface area contributed by atoms with E-state index in [1.54, 1.807) is 7.11 Å². The van der Waals surface area contributed by atoms with Crippen molar-refractivity contribution in [1.29, 1.82) is 0 Å². The van der Waals surface area contributed by atoms with E-state index >= 15 is 0 Å². The Morgan fingerprint density at radius 2 is 2.11 bits per heavy atom. The largest absolute Gasteiger partial charge is 0.383 e. The van der Waals surface area contributed by atoms with Gasteiger partial charge in [-0.25, -0.2) is 0 Å². The number of hydrogen-bond donors (Lipinski definition) is 0. The Kier molecular flexibility index (Phi) is 5.19. The summed E-state index contributed by atoms with van der Waals surface area (Å²) in [5.41, 5.74) is 0. The Hall–Kier alpha value is -0.410. The second-order valence-corrected chi connectivity index (χ2v) is 5.97. The zero-order chi connectivity index (χ0) is 13.0. The van der Waals surface area contributed by atoms with Crippen molar-refractivity contribution >= 4 is 5.78 Å². The van der Waals surface area contributed by atoms with Crippen LogP contribution in [0.4, 0.5) is 0 Å². The van der Waals surface area contributed by atoms with Crippen LogP contribution in [0.25, 0.3) is 0 Å². The lowest BCUT2D eigenvalue weighted by Crippen LogP contribution is -2.42. The molecule has 0 saturated heterocycles. The molecule has 2 saturated carbocycles. The molecule has 0 bridgehead atoms. The molecule has 0 radical (unpaired) electrons. The van der Waals surface area contributed by atoms with E-state index < -0.39 is 0 Å². The number of ether oxygens (including phenoxy) is 1. The van der Waals surface area contributed by atoms with Crippen LogP contribution in [0, 0.1) is 11.8 Å². The summed E-state index contributed by atoms with van der Waals surface area (Å²) in [6.45, 7) is 5.02. The lowest BCUT2D eigenvalue weighted by Gasteiger charge is -2.33. The molecule has 0 amide bonds. The van der Waals surface area contributed by atoms with Crippen LogP contribution in [0.15, 0.2) is 0 Å². The Bertz CT molecular complexity index is 276. The molecule has 2 atom stereocenters. The summed E-state index contributed by atoms with van der Waals surface area (Å²) in [7, 11) is 1.76. The van der Waals surface area contributed by atoms with Gasteiger partial charge in [-0.05, 0) is 38.5 Å². The van der Waals surface area contributed by atoms with Crippen molar-refractivity contribution in [2.24, 2.45) is 11.8 Å². The monoisotopic (exact) mass is 253 g/mol. The SMILES string of the molecule is COCCN(CC1CCCCC1=O)C(C)C1CC1. The Labute approximate surface area is 111 Å². The van der Waals surface area contributed by atoms with Crippen molar-refractivity contribution < 1.29 is 9.53 Å². The lowest BCUT2D eigenvalue weighted by molar-refractivity contribution is -0.125. The minimum Gasteiger partial charge on any atom is -0.383 e. The van der Waals surface area contributed by atoms with Crippen molar-refractivity contribution in [1.82, 2.24) is 4.90 Å². The van der Waals surface area contributed by atoms with Gasteiger partial charge in [-0.1, -0.05) is 6.42 Å². The number of ketones is 1. The lowest BCUT2D eigenvalue weighted by atomic mass is 9.87. The maximum Gasteiger partial charge on any atom is 0.137 e. The molecule has 0 aromatic heterocycles. The van der Waals surface area contributed by atoms with Gasteiger partial charge in [0, 0.05) is 38.6 Å². The molecule has 104 valence electrons. The van der Waals surface area contributed by atoms with Crippen molar-refractivity contribution in [2.45, 2.75) is 51.5 Å². The molecule has 3 nitrogen and oxygen atoms in total. The number of hydrogen-bond acceptors (Lipinski definition) is 3. The second-order valence-electron chi connectivity index (χ2n) is 5.97. The molecule has 2 aliphatic rings. The van der Waals surface area contributed by atoms with Crippen LogP contribution in [-0.4, -0.2) is 43.5 Å². The van der Waals surface area contributed by atoms with Gasteiger partial charge in [0.2, 0.25) is 0 Å². The first-order chi connectivity index (χ1) is 8.72. The van der Waals surface area contributed by atoms with E-state index in [1.807, 2.05) is 0 Å². The topological polar surface area (TPSA) is 29.5 Å². The molecule has 0 spiro atoms. The molecule has 18 heavy (non-hydrogen) atoms. The van der Waals surface area contributed by atoms with E-state index in [-0.39, 0.29) is 5.92 Å². The molecule has 0 aromatic rings. The third kappa shape index (κ3) is 3.79. The molecule has 0 aliphatic heterocycles. The van der Waals surface area contributed by atoms with Crippen molar-refractivity contribution in [3.63, 3.8) is 0 Å². The van der Waals surface area contributed by atoms with Crippen LogP contribution in [0.2, 0.25) is 0 Å². The minimum atomic E-state index is 0.289. The third-order valence-electron chi connectivity index (χ3n) is 4.60. The van der Waals surface area contributed by atoms with Crippen molar-refractivity contribution in [2.75, 3.05) is 26.8 Å². The first-order valence-electron chi connectivity index (χ1n) is 7.48. The predicted octanol–water partition coefficient (Wildman–Crippen LogP) is 2.49. The highest BCUT2D eigenvalue weighted by Gasteiger charge is 2.34. The van der Waals surface area contributed by atoms with E-state index in [2.05, 4.69) is 11.8 Å². The highest BCUT2D eigenvalue weighted by Crippen LogP contribution is 2.35. The summed E-state index contributed by atoms with van der Waals surface area (Å²) in [6.07, 6.45) is 6.96. The number of methoxy groups -OCH3 is 1. The molecule has 2 rings (SSSR count). The molecule has 0 heterocycles. The highest BCUT2D eigenvalue weighted by molar-refractivity contribution is 5.81. The summed E-state index contributed by atoms with van der Waals surface area (Å²) in [5, 5.41) is 0. The number of carbonyl (C=O) groups excluding carboxylic acids is 1. The normalized spacial score (nSPS) is 26.6. The molecule has 2 fully saturated rings. The Balaban J connectivity index is 1.88. The van der Waals surface area contributed by atoms with Crippen LogP contribution in [-0.2, 0) is 9.53 Å². The van der Waals surface area contributed by atoms with Gasteiger partial charge < -0.3 is 4.74 Å². The quantitative estimate of drug-likeness (QED) is 0.698. The van der Waals surface area contributed by atoms with Gasteiger partial charge in [0.05, 0.1) is 6.61 Å². The molecular weight excluding hydrogens is 226 g/mol. The molecular formula is C15H27NO2. The number of rotatable bonds is 7. The van der Waals surface area contributed by atoms with Crippen molar-refractivity contribution in [3.8, 4) is 0 Å². The summed E-state index contributed by atoms with van der Waals surface area (Å²) < 4.78 is 5.21. The second kappa shape index (κ2) is 6.67. The van der Waals surface area contributed by atoms with Crippen LogP contribution in [0.5, 0.6) is 0 Å². The fourth-order valence-corrected chi connectivity index (χ4v) is 3.08. The van der Waals surface area contributed by atoms with E-state index in [9.17, 15) is 4.79 Å². The number of carbonyl (C=O) groups is 1. The van der Waals surface area contributed by atoms with Gasteiger partial charge >= 0.3 is 0 Å². The van der Waals surface area contributed by atoms with Gasteiger partial charge in [0.25, 0.3) is 0 Å². The van der Waals surface area contributed by atoms with E-state index in [1.165, 1.54) is 19.3 Å². The minimum absolute atomic E-state index is 0.289. The van der Waals surface area contributed by atoms with E-state index in [0.717, 1.165) is 44.9 Å². The van der Waals surface area contributed by atoms with Crippen LogP contribution >= 0.6 is 0 Å². The summed E-state index contributed by atoms with van der Waals surface area (Å²) in [6, 6.07) is 0.620. The average molecular weight is 253 g/mol. The first kappa shape index (κ1) is 14.0. The maximum atomic E-state index is 12.0.